The number of carbonyl (C=O) groups excluding carboxylic acids is 2. The molecule has 3 rings (SSSR count). The summed E-state index contributed by atoms with van der Waals surface area (Å²) in [5.41, 5.74) is 0.589. The minimum absolute atomic E-state index is 0.114. The van der Waals surface area contributed by atoms with Crippen molar-refractivity contribution < 1.29 is 22.7 Å². The van der Waals surface area contributed by atoms with E-state index in [0.717, 1.165) is 19.3 Å². The smallest absolute Gasteiger partial charge is 0.311 e. The van der Waals surface area contributed by atoms with E-state index in [-0.39, 0.29) is 29.7 Å². The van der Waals surface area contributed by atoms with Crippen LogP contribution in [-0.2, 0) is 24.3 Å². The van der Waals surface area contributed by atoms with Gasteiger partial charge in [0.05, 0.1) is 17.4 Å². The molecule has 0 bridgehead atoms. The molecule has 1 fully saturated rings. The third kappa shape index (κ3) is 4.92. The minimum atomic E-state index is -3.55. The molecule has 0 saturated carbocycles. The number of hydrogen-bond acceptors (Lipinski definition) is 5. The zero-order valence-electron chi connectivity index (χ0n) is 17.6. The molecule has 1 amide bonds. The Morgan fingerprint density at radius 3 is 2.47 bits per heavy atom. The summed E-state index contributed by atoms with van der Waals surface area (Å²) < 4.78 is 32.1. The van der Waals surface area contributed by atoms with E-state index in [2.05, 4.69) is 12.2 Å². The lowest BCUT2D eigenvalue weighted by Crippen LogP contribution is -2.30. The highest BCUT2D eigenvalue weighted by molar-refractivity contribution is 7.89. The molecular weight excluding hydrogens is 404 g/mol. The first-order valence-electron chi connectivity index (χ1n) is 10.6. The highest BCUT2D eigenvalue weighted by Gasteiger charge is 2.36. The molecule has 1 aromatic carbocycles. The minimum Gasteiger partial charge on any atom is -0.465 e. The lowest BCUT2D eigenvalue weighted by atomic mass is 9.95. The monoisotopic (exact) mass is 434 g/mol. The predicted octanol–water partition coefficient (Wildman–Crippen LogP) is 2.97. The van der Waals surface area contributed by atoms with Gasteiger partial charge in [0, 0.05) is 31.7 Å². The maximum atomic E-state index is 12.6. The second-order valence-corrected chi connectivity index (χ2v) is 9.71. The second-order valence-electron chi connectivity index (χ2n) is 7.77. The maximum absolute atomic E-state index is 12.6. The first-order chi connectivity index (χ1) is 14.4. The highest BCUT2D eigenvalue weighted by Crippen LogP contribution is 2.28. The standard InChI is InChI=1S/C22H30N2O5S/c1-3-23(4-2)30(27,28)20-12-10-19(11-13-20)24-15-18(14-21(24)25)22(26)29-16-17-8-6-5-7-9-17/h5-6,10-13,17-18H,3-4,7-9,14-16H2,1-2H3. The molecule has 2 aliphatic rings. The number of hydrogen-bond donors (Lipinski definition) is 0. The van der Waals surface area contributed by atoms with Gasteiger partial charge in [-0.1, -0.05) is 26.0 Å². The molecule has 1 aliphatic heterocycles. The Bertz CT molecular complexity index is 891. The second kappa shape index (κ2) is 9.75. The van der Waals surface area contributed by atoms with Gasteiger partial charge in [-0.25, -0.2) is 8.42 Å². The molecule has 0 spiro atoms. The number of ether oxygens (including phenoxy) is 1. The van der Waals surface area contributed by atoms with Gasteiger partial charge in [-0.2, -0.15) is 4.31 Å². The van der Waals surface area contributed by atoms with Crippen molar-refractivity contribution >= 4 is 27.6 Å². The van der Waals surface area contributed by atoms with E-state index in [9.17, 15) is 18.0 Å². The maximum Gasteiger partial charge on any atom is 0.311 e. The summed E-state index contributed by atoms with van der Waals surface area (Å²) >= 11 is 0. The molecule has 7 nitrogen and oxygen atoms in total. The Kier molecular flexibility index (Phi) is 7.31. The number of allylic oxidation sites excluding steroid dienone is 2. The van der Waals surface area contributed by atoms with Gasteiger partial charge in [-0.15, -0.1) is 0 Å². The Labute approximate surface area is 178 Å². The Balaban J connectivity index is 1.62. The van der Waals surface area contributed by atoms with Crippen molar-refractivity contribution in [2.75, 3.05) is 31.1 Å². The van der Waals surface area contributed by atoms with Crippen LogP contribution in [0.3, 0.4) is 0 Å². The third-order valence-corrected chi connectivity index (χ3v) is 7.85. The number of sulfonamides is 1. The fourth-order valence-electron chi connectivity index (χ4n) is 3.95. The molecule has 2 atom stereocenters. The summed E-state index contributed by atoms with van der Waals surface area (Å²) in [5, 5.41) is 0. The Morgan fingerprint density at radius 2 is 1.87 bits per heavy atom. The number of carbonyl (C=O) groups is 2. The van der Waals surface area contributed by atoms with Crippen LogP contribution in [0.5, 0.6) is 0 Å². The van der Waals surface area contributed by atoms with Crippen molar-refractivity contribution in [3.63, 3.8) is 0 Å². The van der Waals surface area contributed by atoms with Crippen LogP contribution in [0.15, 0.2) is 41.3 Å². The van der Waals surface area contributed by atoms with Crippen molar-refractivity contribution in [1.82, 2.24) is 4.31 Å². The van der Waals surface area contributed by atoms with Crippen molar-refractivity contribution in [2.45, 2.75) is 44.4 Å². The number of esters is 1. The molecule has 1 aromatic rings. The van der Waals surface area contributed by atoms with E-state index in [1.807, 2.05) is 0 Å². The number of anilines is 1. The highest BCUT2D eigenvalue weighted by atomic mass is 32.2. The molecule has 30 heavy (non-hydrogen) atoms. The number of benzene rings is 1. The average molecular weight is 435 g/mol. The largest absolute Gasteiger partial charge is 0.465 e. The zero-order valence-corrected chi connectivity index (χ0v) is 18.4. The normalized spacial score (nSPS) is 22.0. The molecule has 1 aliphatic carbocycles. The summed E-state index contributed by atoms with van der Waals surface area (Å²) in [6.45, 7) is 5.03. The van der Waals surface area contributed by atoms with Crippen LogP contribution in [0.4, 0.5) is 5.69 Å². The summed E-state index contributed by atoms with van der Waals surface area (Å²) in [4.78, 5) is 26.6. The fraction of sp³-hybridized carbons (Fsp3) is 0.545. The van der Waals surface area contributed by atoms with Gasteiger partial charge in [0.15, 0.2) is 0 Å². The van der Waals surface area contributed by atoms with E-state index in [0.29, 0.717) is 31.3 Å². The van der Waals surface area contributed by atoms with Gasteiger partial charge in [-0.3, -0.25) is 9.59 Å². The van der Waals surface area contributed by atoms with E-state index >= 15 is 0 Å². The van der Waals surface area contributed by atoms with Crippen LogP contribution in [-0.4, -0.2) is 50.8 Å². The first kappa shape index (κ1) is 22.5. The molecule has 1 saturated heterocycles. The SMILES string of the molecule is CCN(CC)S(=O)(=O)c1ccc(N2CC(C(=O)OCC3CC=CCC3)CC2=O)cc1. The van der Waals surface area contributed by atoms with Crippen LogP contribution >= 0.6 is 0 Å². The lowest BCUT2D eigenvalue weighted by molar-refractivity contribution is -0.149. The van der Waals surface area contributed by atoms with E-state index in [1.165, 1.54) is 21.3 Å². The molecule has 8 heteroatoms. The van der Waals surface area contributed by atoms with Crippen molar-refractivity contribution in [3.05, 3.63) is 36.4 Å². The summed E-state index contributed by atoms with van der Waals surface area (Å²) in [7, 11) is -3.55. The van der Waals surface area contributed by atoms with Gasteiger partial charge in [0.25, 0.3) is 0 Å². The molecule has 0 aromatic heterocycles. The number of nitrogens with zero attached hydrogens (tertiary/aromatic N) is 2. The van der Waals surface area contributed by atoms with Crippen molar-refractivity contribution in [3.8, 4) is 0 Å². The molecule has 1 heterocycles. The summed E-state index contributed by atoms with van der Waals surface area (Å²) in [6, 6.07) is 6.27. The van der Waals surface area contributed by atoms with Gasteiger partial charge >= 0.3 is 5.97 Å². The van der Waals surface area contributed by atoms with E-state index < -0.39 is 15.9 Å². The number of rotatable bonds is 8. The third-order valence-electron chi connectivity index (χ3n) is 5.79. The molecule has 0 N–H and O–H groups in total. The summed E-state index contributed by atoms with van der Waals surface area (Å²) in [6.07, 6.45) is 7.33. The average Bonchev–Trinajstić information content (AvgIpc) is 3.15. The summed E-state index contributed by atoms with van der Waals surface area (Å²) in [5.74, 6) is -0.624. The van der Waals surface area contributed by atoms with Crippen LogP contribution in [0.25, 0.3) is 0 Å². The van der Waals surface area contributed by atoms with Crippen LogP contribution in [0, 0.1) is 11.8 Å². The fourth-order valence-corrected chi connectivity index (χ4v) is 5.41. The van der Waals surface area contributed by atoms with E-state index in [4.69, 9.17) is 4.74 Å². The van der Waals surface area contributed by atoms with Crippen molar-refractivity contribution in [1.29, 1.82) is 0 Å². The lowest BCUT2D eigenvalue weighted by Gasteiger charge is -2.20. The van der Waals surface area contributed by atoms with Gasteiger partial charge < -0.3 is 9.64 Å². The van der Waals surface area contributed by atoms with Gasteiger partial charge in [0.1, 0.15) is 0 Å². The van der Waals surface area contributed by atoms with Crippen LogP contribution < -0.4 is 4.90 Å². The zero-order chi connectivity index (χ0) is 21.7. The topological polar surface area (TPSA) is 84.0 Å². The van der Waals surface area contributed by atoms with E-state index in [1.54, 1.807) is 26.0 Å². The van der Waals surface area contributed by atoms with Crippen LogP contribution in [0.1, 0.15) is 39.5 Å². The van der Waals surface area contributed by atoms with Gasteiger partial charge in [0.2, 0.25) is 15.9 Å². The van der Waals surface area contributed by atoms with Crippen LogP contribution in [0.2, 0.25) is 0 Å². The predicted molar refractivity (Wildman–Crippen MR) is 114 cm³/mol. The van der Waals surface area contributed by atoms with Crippen molar-refractivity contribution in [2.24, 2.45) is 11.8 Å². The number of amides is 1. The molecule has 0 radical (unpaired) electrons. The quantitative estimate of drug-likeness (QED) is 0.464. The molecule has 2 unspecified atom stereocenters. The Morgan fingerprint density at radius 1 is 1.17 bits per heavy atom. The first-order valence-corrected chi connectivity index (χ1v) is 12.0. The molecule has 164 valence electrons. The van der Waals surface area contributed by atoms with Gasteiger partial charge in [-0.05, 0) is 49.4 Å². The Hall–Kier alpha value is -2.19. The molecular formula is C22H30N2O5S.